The van der Waals surface area contributed by atoms with Gasteiger partial charge in [-0.1, -0.05) is 33.3 Å². The number of hydrogen-bond donors (Lipinski definition) is 1. The van der Waals surface area contributed by atoms with Crippen molar-refractivity contribution in [2.75, 3.05) is 6.61 Å². The van der Waals surface area contributed by atoms with E-state index in [1.54, 1.807) is 6.92 Å². The quantitative estimate of drug-likeness (QED) is 0.354. The van der Waals surface area contributed by atoms with E-state index in [9.17, 15) is 14.7 Å². The Bertz CT molecular complexity index is 574. The SMILES string of the molecule is C=C[C@@H]1C[C@H](CC(O)CC(=O)CC(=O)OCC)O[C@@]2(C[C@H](C)CC[C@H]2C(C)C)O1. The van der Waals surface area contributed by atoms with Gasteiger partial charge in [-0.2, -0.15) is 0 Å². The van der Waals surface area contributed by atoms with Crippen LogP contribution >= 0.6 is 0 Å². The first-order chi connectivity index (χ1) is 13.7. The molecule has 1 aliphatic heterocycles. The molecular weight excluding hydrogens is 372 g/mol. The average Bonchev–Trinajstić information content (AvgIpc) is 2.60. The highest BCUT2D eigenvalue weighted by Crippen LogP contribution is 2.48. The van der Waals surface area contributed by atoms with Gasteiger partial charge in [0, 0.05) is 31.6 Å². The lowest BCUT2D eigenvalue weighted by atomic mass is 9.72. The van der Waals surface area contributed by atoms with E-state index < -0.39 is 17.9 Å². The fourth-order valence-electron chi connectivity index (χ4n) is 4.84. The molecule has 0 bridgehead atoms. The normalized spacial score (nSPS) is 33.4. The van der Waals surface area contributed by atoms with Crippen LogP contribution in [0.2, 0.25) is 0 Å². The van der Waals surface area contributed by atoms with Gasteiger partial charge in [-0.05, 0) is 25.2 Å². The van der Waals surface area contributed by atoms with Gasteiger partial charge in [0.1, 0.15) is 12.2 Å². The molecule has 2 aliphatic rings. The van der Waals surface area contributed by atoms with Crippen LogP contribution in [0.4, 0.5) is 0 Å². The third-order valence-corrected chi connectivity index (χ3v) is 6.09. The zero-order chi connectivity index (χ0) is 21.6. The average molecular weight is 411 g/mol. The van der Waals surface area contributed by atoms with Crippen LogP contribution in [0.5, 0.6) is 0 Å². The lowest BCUT2D eigenvalue weighted by Crippen LogP contribution is -2.57. The number of esters is 1. The van der Waals surface area contributed by atoms with Crippen molar-refractivity contribution in [3.8, 4) is 0 Å². The molecule has 29 heavy (non-hydrogen) atoms. The standard InChI is InChI=1S/C23H38O6/c1-6-19-13-20(11-17(24)10-18(25)12-22(26)27-7-2)29-23(28-19)14-16(5)8-9-21(23)15(3)4/h6,15-17,19-21,24H,1,7-14H2,2-5H3/t16-,17?,19-,20+,21+,23-/m1/s1. The molecule has 0 amide bonds. The van der Waals surface area contributed by atoms with Crippen molar-refractivity contribution >= 4 is 11.8 Å². The zero-order valence-corrected chi connectivity index (χ0v) is 18.4. The van der Waals surface area contributed by atoms with Gasteiger partial charge in [-0.25, -0.2) is 0 Å². The smallest absolute Gasteiger partial charge is 0.313 e. The predicted molar refractivity (Wildman–Crippen MR) is 110 cm³/mol. The molecule has 1 spiro atoms. The second-order valence-corrected chi connectivity index (χ2v) is 9.03. The molecule has 6 nitrogen and oxygen atoms in total. The molecular formula is C23H38O6. The third kappa shape index (κ3) is 6.63. The number of hydrogen-bond acceptors (Lipinski definition) is 6. The summed E-state index contributed by atoms with van der Waals surface area (Å²) in [5.41, 5.74) is 0. The van der Waals surface area contributed by atoms with Crippen LogP contribution in [0.3, 0.4) is 0 Å². The Labute approximate surface area is 175 Å². The van der Waals surface area contributed by atoms with Crippen LogP contribution in [-0.2, 0) is 23.8 Å². The number of rotatable bonds is 9. The number of ketones is 1. The molecule has 0 aromatic carbocycles. The highest BCUT2D eigenvalue weighted by atomic mass is 16.7. The highest BCUT2D eigenvalue weighted by molar-refractivity contribution is 5.95. The first kappa shape index (κ1) is 24.0. The van der Waals surface area contributed by atoms with Gasteiger partial charge in [-0.3, -0.25) is 9.59 Å². The zero-order valence-electron chi connectivity index (χ0n) is 18.4. The van der Waals surface area contributed by atoms with Crippen LogP contribution in [0.25, 0.3) is 0 Å². The maximum Gasteiger partial charge on any atom is 0.313 e. The Balaban J connectivity index is 2.03. The molecule has 1 heterocycles. The van der Waals surface area contributed by atoms with Crippen molar-refractivity contribution in [3.05, 3.63) is 12.7 Å². The summed E-state index contributed by atoms with van der Waals surface area (Å²) < 4.78 is 17.8. The summed E-state index contributed by atoms with van der Waals surface area (Å²) in [6.45, 7) is 12.5. The molecule has 1 unspecified atom stereocenters. The number of aliphatic hydroxyl groups is 1. The van der Waals surface area contributed by atoms with Gasteiger partial charge in [-0.15, -0.1) is 6.58 Å². The number of carbonyl (C=O) groups excluding carboxylic acids is 2. The van der Waals surface area contributed by atoms with Gasteiger partial charge in [0.15, 0.2) is 5.79 Å². The van der Waals surface area contributed by atoms with Crippen molar-refractivity contribution in [2.24, 2.45) is 17.8 Å². The van der Waals surface area contributed by atoms with Gasteiger partial charge in [0.05, 0.1) is 24.9 Å². The van der Waals surface area contributed by atoms with Crippen molar-refractivity contribution in [3.63, 3.8) is 0 Å². The molecule has 2 rings (SSSR count). The summed E-state index contributed by atoms with van der Waals surface area (Å²) in [5.74, 6) is -0.319. The van der Waals surface area contributed by atoms with E-state index in [0.29, 0.717) is 24.7 Å². The Morgan fingerprint density at radius 3 is 2.66 bits per heavy atom. The molecule has 0 aromatic rings. The van der Waals surface area contributed by atoms with Gasteiger partial charge in [0.2, 0.25) is 0 Å². The minimum atomic E-state index is -0.860. The van der Waals surface area contributed by atoms with E-state index in [-0.39, 0.29) is 43.4 Å². The lowest BCUT2D eigenvalue weighted by Gasteiger charge is -2.53. The fourth-order valence-corrected chi connectivity index (χ4v) is 4.84. The number of Topliss-reactive ketones (excluding diaryl/α,β-unsaturated/α-hetero) is 1. The van der Waals surface area contributed by atoms with Crippen LogP contribution in [-0.4, -0.2) is 47.6 Å². The maximum absolute atomic E-state index is 12.0. The van der Waals surface area contributed by atoms with E-state index in [0.717, 1.165) is 19.3 Å². The molecule has 1 aliphatic carbocycles. The Hall–Kier alpha value is -1.24. The first-order valence-corrected chi connectivity index (χ1v) is 11.0. The Kier molecular flexibility index (Phi) is 8.86. The van der Waals surface area contributed by atoms with Gasteiger partial charge >= 0.3 is 5.97 Å². The summed E-state index contributed by atoms with van der Waals surface area (Å²) in [7, 11) is 0. The second kappa shape index (κ2) is 10.7. The van der Waals surface area contributed by atoms with Crippen molar-refractivity contribution in [1.82, 2.24) is 0 Å². The summed E-state index contributed by atoms with van der Waals surface area (Å²) in [5, 5.41) is 10.5. The molecule has 2 fully saturated rings. The van der Waals surface area contributed by atoms with Crippen LogP contribution < -0.4 is 0 Å². The monoisotopic (exact) mass is 410 g/mol. The number of carbonyl (C=O) groups is 2. The van der Waals surface area contributed by atoms with Gasteiger partial charge < -0.3 is 19.3 Å². The van der Waals surface area contributed by atoms with E-state index in [1.807, 2.05) is 6.08 Å². The minimum Gasteiger partial charge on any atom is -0.466 e. The highest BCUT2D eigenvalue weighted by Gasteiger charge is 2.51. The summed E-state index contributed by atoms with van der Waals surface area (Å²) in [4.78, 5) is 23.5. The van der Waals surface area contributed by atoms with Crippen molar-refractivity contribution in [2.45, 2.75) is 96.7 Å². The molecule has 0 radical (unpaired) electrons. The Morgan fingerprint density at radius 2 is 2.03 bits per heavy atom. The molecule has 166 valence electrons. The largest absolute Gasteiger partial charge is 0.466 e. The predicted octanol–water partition coefficient (Wildman–Crippen LogP) is 3.80. The van der Waals surface area contributed by atoms with E-state index in [4.69, 9.17) is 14.2 Å². The van der Waals surface area contributed by atoms with E-state index in [2.05, 4.69) is 27.4 Å². The summed E-state index contributed by atoms with van der Waals surface area (Å²) in [6.07, 6.45) is 4.20. The lowest BCUT2D eigenvalue weighted by molar-refractivity contribution is -0.354. The van der Waals surface area contributed by atoms with Crippen LogP contribution in [0.1, 0.15) is 72.6 Å². The van der Waals surface area contributed by atoms with Crippen LogP contribution in [0, 0.1) is 17.8 Å². The molecule has 1 saturated heterocycles. The van der Waals surface area contributed by atoms with E-state index >= 15 is 0 Å². The second-order valence-electron chi connectivity index (χ2n) is 9.03. The third-order valence-electron chi connectivity index (χ3n) is 6.09. The van der Waals surface area contributed by atoms with Crippen molar-refractivity contribution in [1.29, 1.82) is 0 Å². The topological polar surface area (TPSA) is 82.1 Å². The molecule has 1 N–H and O–H groups in total. The minimum absolute atomic E-state index is 0.0741. The van der Waals surface area contributed by atoms with Crippen LogP contribution in [0.15, 0.2) is 12.7 Å². The molecule has 1 saturated carbocycles. The first-order valence-electron chi connectivity index (χ1n) is 11.0. The molecule has 0 aromatic heterocycles. The molecule has 6 atom stereocenters. The summed E-state index contributed by atoms with van der Waals surface area (Å²) in [6, 6.07) is 0. The molecule has 6 heteroatoms. The number of aliphatic hydroxyl groups excluding tert-OH is 1. The fraction of sp³-hybridized carbons (Fsp3) is 0.826. The Morgan fingerprint density at radius 1 is 1.31 bits per heavy atom. The summed E-state index contributed by atoms with van der Waals surface area (Å²) >= 11 is 0. The number of ether oxygens (including phenoxy) is 3. The van der Waals surface area contributed by atoms with Gasteiger partial charge in [0.25, 0.3) is 0 Å². The maximum atomic E-state index is 12.0. The van der Waals surface area contributed by atoms with Crippen molar-refractivity contribution < 1.29 is 28.9 Å². The van der Waals surface area contributed by atoms with E-state index in [1.165, 1.54) is 0 Å².